The quantitative estimate of drug-likeness (QED) is 0.847. The van der Waals surface area contributed by atoms with Gasteiger partial charge in [-0.25, -0.2) is 18.9 Å². The van der Waals surface area contributed by atoms with Crippen molar-refractivity contribution in [1.29, 1.82) is 0 Å². The van der Waals surface area contributed by atoms with Crippen molar-refractivity contribution < 1.29 is 23.9 Å². The van der Waals surface area contributed by atoms with Gasteiger partial charge in [0, 0.05) is 6.54 Å². The van der Waals surface area contributed by atoms with E-state index in [4.69, 9.17) is 16.7 Å². The maximum absolute atomic E-state index is 14.1. The molecule has 1 aromatic rings. The van der Waals surface area contributed by atoms with Crippen molar-refractivity contribution >= 4 is 35.2 Å². The molecule has 3 amide bonds. The molecule has 2 aliphatic heterocycles. The second-order valence-corrected chi connectivity index (χ2v) is 5.66. The second kappa shape index (κ2) is 5.24. The lowest BCUT2D eigenvalue weighted by molar-refractivity contribution is -0.120. The summed E-state index contributed by atoms with van der Waals surface area (Å²) in [5.74, 6) is -2.79. The van der Waals surface area contributed by atoms with Crippen molar-refractivity contribution in [3.8, 4) is 0 Å². The van der Waals surface area contributed by atoms with Crippen molar-refractivity contribution in [3.63, 3.8) is 0 Å². The average Bonchev–Trinajstić information content (AvgIpc) is 2.72. The van der Waals surface area contributed by atoms with E-state index in [1.807, 2.05) is 0 Å². The molecule has 0 aromatic heterocycles. The molecule has 0 radical (unpaired) electrons. The molecule has 116 valence electrons. The van der Waals surface area contributed by atoms with Crippen LogP contribution in [0.4, 0.5) is 14.9 Å². The van der Waals surface area contributed by atoms with Crippen LogP contribution in [-0.2, 0) is 4.79 Å². The molecule has 1 atom stereocenters. The predicted molar refractivity (Wildman–Crippen MR) is 75.6 cm³/mol. The zero-order valence-corrected chi connectivity index (χ0v) is 12.1. The SMILES string of the molecule is O=C(O)c1cc(N2C(=O)C3CCCCN3C2=O)c(F)cc1Cl. The highest BCUT2D eigenvalue weighted by Gasteiger charge is 2.47. The lowest BCUT2D eigenvalue weighted by atomic mass is 10.0. The minimum absolute atomic E-state index is 0.287. The van der Waals surface area contributed by atoms with Gasteiger partial charge in [0.15, 0.2) is 0 Å². The molecule has 1 unspecified atom stereocenters. The summed E-state index contributed by atoms with van der Waals surface area (Å²) in [6.45, 7) is 0.437. The van der Waals surface area contributed by atoms with Crippen molar-refractivity contribution in [3.05, 3.63) is 28.5 Å². The van der Waals surface area contributed by atoms with E-state index in [1.54, 1.807) is 0 Å². The summed E-state index contributed by atoms with van der Waals surface area (Å²) in [6.07, 6.45) is 2.13. The number of benzene rings is 1. The van der Waals surface area contributed by atoms with E-state index in [1.165, 1.54) is 4.90 Å². The molecule has 3 rings (SSSR count). The summed E-state index contributed by atoms with van der Waals surface area (Å²) in [7, 11) is 0. The molecule has 2 heterocycles. The van der Waals surface area contributed by atoms with Crippen LogP contribution in [0.2, 0.25) is 5.02 Å². The van der Waals surface area contributed by atoms with E-state index in [2.05, 4.69) is 0 Å². The summed E-state index contributed by atoms with van der Waals surface area (Å²) < 4.78 is 14.1. The van der Waals surface area contributed by atoms with Crippen LogP contribution in [0.1, 0.15) is 29.6 Å². The van der Waals surface area contributed by atoms with Crippen LogP contribution in [0.25, 0.3) is 0 Å². The second-order valence-electron chi connectivity index (χ2n) is 5.25. The van der Waals surface area contributed by atoms with Crippen molar-refractivity contribution in [2.75, 3.05) is 11.4 Å². The predicted octanol–water partition coefficient (Wildman–Crippen LogP) is 2.50. The Labute approximate surface area is 130 Å². The molecule has 2 fully saturated rings. The number of urea groups is 1. The van der Waals surface area contributed by atoms with E-state index in [9.17, 15) is 18.8 Å². The molecule has 2 saturated heterocycles. The fourth-order valence-corrected chi connectivity index (χ4v) is 3.11. The standard InChI is InChI=1S/C14H12ClFN2O4/c15-8-6-9(16)11(5-7(8)13(20)21)18-12(19)10-3-1-2-4-17(10)14(18)22/h5-6,10H,1-4H2,(H,20,21). The number of carboxylic acids is 1. The first-order valence-corrected chi connectivity index (χ1v) is 7.16. The van der Waals surface area contributed by atoms with Gasteiger partial charge in [0.1, 0.15) is 11.9 Å². The number of carbonyl (C=O) groups excluding carboxylic acids is 2. The van der Waals surface area contributed by atoms with Crippen LogP contribution < -0.4 is 4.90 Å². The van der Waals surface area contributed by atoms with Gasteiger partial charge in [-0.2, -0.15) is 0 Å². The smallest absolute Gasteiger partial charge is 0.337 e. The minimum Gasteiger partial charge on any atom is -0.478 e. The van der Waals surface area contributed by atoms with Gasteiger partial charge in [-0.15, -0.1) is 0 Å². The number of carbonyl (C=O) groups is 3. The average molecular weight is 327 g/mol. The number of anilines is 1. The highest BCUT2D eigenvalue weighted by molar-refractivity contribution is 6.34. The summed E-state index contributed by atoms with van der Waals surface area (Å²) in [5.41, 5.74) is -0.727. The topological polar surface area (TPSA) is 77.9 Å². The van der Waals surface area contributed by atoms with Gasteiger partial charge in [-0.3, -0.25) is 4.79 Å². The maximum Gasteiger partial charge on any atom is 0.337 e. The number of nitrogens with zero attached hydrogens (tertiary/aromatic N) is 2. The lowest BCUT2D eigenvalue weighted by Gasteiger charge is -2.25. The molecule has 1 N–H and O–H groups in total. The Bertz CT molecular complexity index is 670. The van der Waals surface area contributed by atoms with E-state index in [0.29, 0.717) is 17.9 Å². The van der Waals surface area contributed by atoms with Crippen LogP contribution >= 0.6 is 11.6 Å². The Hall–Kier alpha value is -2.15. The molecule has 22 heavy (non-hydrogen) atoms. The molecule has 2 aliphatic rings. The number of imide groups is 1. The van der Waals surface area contributed by atoms with Gasteiger partial charge >= 0.3 is 12.0 Å². The first-order chi connectivity index (χ1) is 10.4. The van der Waals surface area contributed by atoms with Gasteiger partial charge in [0.05, 0.1) is 16.3 Å². The zero-order valence-electron chi connectivity index (χ0n) is 11.4. The summed E-state index contributed by atoms with van der Waals surface area (Å²) >= 11 is 5.68. The molecular weight excluding hydrogens is 315 g/mol. The first kappa shape index (κ1) is 14.8. The van der Waals surface area contributed by atoms with Crippen LogP contribution in [0, 0.1) is 5.82 Å². The summed E-state index contributed by atoms with van der Waals surface area (Å²) in [4.78, 5) is 38.0. The fraction of sp³-hybridized carbons (Fsp3) is 0.357. The number of hydrogen-bond donors (Lipinski definition) is 1. The van der Waals surface area contributed by atoms with E-state index >= 15 is 0 Å². The van der Waals surface area contributed by atoms with Crippen LogP contribution in [-0.4, -0.2) is 40.5 Å². The molecule has 0 saturated carbocycles. The molecule has 0 aliphatic carbocycles. The van der Waals surface area contributed by atoms with Crippen LogP contribution in [0.5, 0.6) is 0 Å². The fourth-order valence-electron chi connectivity index (χ4n) is 2.88. The number of fused-ring (bicyclic) bond motifs is 1. The normalized spacial score (nSPS) is 21.3. The third kappa shape index (κ3) is 2.12. The molecule has 0 bridgehead atoms. The maximum atomic E-state index is 14.1. The Morgan fingerprint density at radius 2 is 2.05 bits per heavy atom. The number of carboxylic acid groups (broad SMARTS) is 1. The zero-order chi connectivity index (χ0) is 16.0. The minimum atomic E-state index is -1.36. The van der Waals surface area contributed by atoms with Crippen molar-refractivity contribution in [1.82, 2.24) is 4.90 Å². The Balaban J connectivity index is 2.07. The number of amides is 3. The van der Waals surface area contributed by atoms with Crippen molar-refractivity contribution in [2.45, 2.75) is 25.3 Å². The Morgan fingerprint density at radius 1 is 1.32 bits per heavy atom. The Morgan fingerprint density at radius 3 is 2.68 bits per heavy atom. The third-order valence-electron chi connectivity index (χ3n) is 3.95. The largest absolute Gasteiger partial charge is 0.478 e. The van der Waals surface area contributed by atoms with Crippen molar-refractivity contribution in [2.24, 2.45) is 0 Å². The highest BCUT2D eigenvalue weighted by Crippen LogP contribution is 2.34. The van der Waals surface area contributed by atoms with Gasteiger partial charge in [-0.05, 0) is 31.4 Å². The molecule has 1 aromatic carbocycles. The van der Waals surface area contributed by atoms with E-state index in [-0.39, 0.29) is 16.3 Å². The number of piperidine rings is 1. The van der Waals surface area contributed by atoms with Gasteiger partial charge in [0.2, 0.25) is 0 Å². The monoisotopic (exact) mass is 326 g/mol. The number of halogens is 2. The highest BCUT2D eigenvalue weighted by atomic mass is 35.5. The lowest BCUT2D eigenvalue weighted by Crippen LogP contribution is -2.39. The first-order valence-electron chi connectivity index (χ1n) is 6.78. The Kier molecular flexibility index (Phi) is 3.52. The van der Waals surface area contributed by atoms with Crippen LogP contribution in [0.15, 0.2) is 12.1 Å². The molecule has 8 heteroatoms. The number of aromatic carboxylic acids is 1. The van der Waals surface area contributed by atoms with Gasteiger partial charge in [-0.1, -0.05) is 11.6 Å². The summed E-state index contributed by atoms with van der Waals surface area (Å²) in [5, 5.41) is 8.77. The van der Waals surface area contributed by atoms with Gasteiger partial charge < -0.3 is 10.0 Å². The third-order valence-corrected chi connectivity index (χ3v) is 4.27. The molecule has 6 nitrogen and oxygen atoms in total. The van der Waals surface area contributed by atoms with Crippen LogP contribution in [0.3, 0.4) is 0 Å². The van der Waals surface area contributed by atoms with Gasteiger partial charge in [0.25, 0.3) is 5.91 Å². The molecule has 0 spiro atoms. The van der Waals surface area contributed by atoms with E-state index in [0.717, 1.165) is 25.0 Å². The molecular formula is C14H12ClFN2O4. The summed E-state index contributed by atoms with van der Waals surface area (Å²) in [6, 6.07) is 0.517. The number of hydrogen-bond acceptors (Lipinski definition) is 3. The number of rotatable bonds is 2. The van der Waals surface area contributed by atoms with E-state index < -0.39 is 29.8 Å².